The monoisotopic (exact) mass is 315 g/mol. The molecule has 0 saturated carbocycles. The Balaban J connectivity index is 2.16. The van der Waals surface area contributed by atoms with Crippen LogP contribution < -0.4 is 0 Å². The minimum absolute atomic E-state index is 0.237. The molecular weight excluding hydrogens is 302 g/mol. The Labute approximate surface area is 109 Å². The van der Waals surface area contributed by atoms with Crippen molar-refractivity contribution in [3.05, 3.63) is 34.9 Å². The third-order valence-corrected chi connectivity index (χ3v) is 4.17. The van der Waals surface area contributed by atoms with Crippen molar-refractivity contribution in [2.24, 2.45) is 0 Å². The highest BCUT2D eigenvalue weighted by molar-refractivity contribution is 9.10. The molecule has 0 aliphatic carbocycles. The fourth-order valence-corrected chi connectivity index (χ4v) is 2.85. The minimum atomic E-state index is -2.86. The Morgan fingerprint density at radius 2 is 2.06 bits per heavy atom. The normalized spacial score (nSPS) is 12.1. The average Bonchev–Trinajstić information content (AvgIpc) is 2.59. The predicted octanol–water partition coefficient (Wildman–Crippen LogP) is 2.84. The van der Waals surface area contributed by atoms with E-state index >= 15 is 0 Å². The van der Waals surface area contributed by atoms with Gasteiger partial charge in [0, 0.05) is 29.0 Å². The molecule has 0 bridgehead atoms. The second-order valence-electron chi connectivity index (χ2n) is 4.20. The molecule has 1 aromatic carbocycles. The molecule has 0 spiro atoms. The summed E-state index contributed by atoms with van der Waals surface area (Å²) in [4.78, 5) is 0. The Kier molecular flexibility index (Phi) is 3.58. The quantitative estimate of drug-likeness (QED) is 0.870. The molecule has 1 aromatic heterocycles. The minimum Gasteiger partial charge on any atom is -0.347 e. The first-order valence-corrected chi connectivity index (χ1v) is 8.23. The molecule has 2 rings (SSSR count). The fraction of sp³-hybridized carbons (Fsp3) is 0.333. The molecule has 92 valence electrons. The lowest BCUT2D eigenvalue weighted by atomic mass is 10.2. The molecule has 5 heteroatoms. The number of sulfone groups is 1. The van der Waals surface area contributed by atoms with Crippen molar-refractivity contribution in [2.75, 3.05) is 12.0 Å². The van der Waals surface area contributed by atoms with Crippen LogP contribution in [0.2, 0.25) is 0 Å². The third kappa shape index (κ3) is 3.33. The van der Waals surface area contributed by atoms with E-state index in [4.69, 9.17) is 0 Å². The van der Waals surface area contributed by atoms with Crippen molar-refractivity contribution < 1.29 is 8.42 Å². The lowest BCUT2D eigenvalue weighted by molar-refractivity contribution is 0.593. The van der Waals surface area contributed by atoms with Crippen LogP contribution >= 0.6 is 15.9 Å². The zero-order valence-corrected chi connectivity index (χ0v) is 12.0. The smallest absolute Gasteiger partial charge is 0.147 e. The van der Waals surface area contributed by atoms with Crippen molar-refractivity contribution in [3.63, 3.8) is 0 Å². The van der Waals surface area contributed by atoms with E-state index in [1.54, 1.807) is 0 Å². The zero-order chi connectivity index (χ0) is 12.5. The van der Waals surface area contributed by atoms with Crippen LogP contribution in [0.15, 0.2) is 34.9 Å². The van der Waals surface area contributed by atoms with Crippen LogP contribution in [0.1, 0.15) is 6.42 Å². The number of fused-ring (bicyclic) bond motifs is 1. The van der Waals surface area contributed by atoms with Gasteiger partial charge < -0.3 is 4.57 Å². The SMILES string of the molecule is CS(=O)(=O)CCCn1ccc2ccc(Br)cc21. The van der Waals surface area contributed by atoms with E-state index in [9.17, 15) is 8.42 Å². The van der Waals surface area contributed by atoms with Crippen molar-refractivity contribution >= 4 is 36.7 Å². The topological polar surface area (TPSA) is 39.1 Å². The molecule has 0 aliphatic heterocycles. The highest BCUT2D eigenvalue weighted by Crippen LogP contribution is 2.21. The van der Waals surface area contributed by atoms with Crippen LogP contribution in [-0.4, -0.2) is 25.0 Å². The Morgan fingerprint density at radius 3 is 2.76 bits per heavy atom. The van der Waals surface area contributed by atoms with Crippen molar-refractivity contribution in [1.29, 1.82) is 0 Å². The van der Waals surface area contributed by atoms with Gasteiger partial charge in [0.25, 0.3) is 0 Å². The lowest BCUT2D eigenvalue weighted by Gasteiger charge is -2.05. The van der Waals surface area contributed by atoms with Gasteiger partial charge in [-0.25, -0.2) is 8.42 Å². The van der Waals surface area contributed by atoms with Crippen molar-refractivity contribution in [2.45, 2.75) is 13.0 Å². The zero-order valence-electron chi connectivity index (χ0n) is 9.56. The summed E-state index contributed by atoms with van der Waals surface area (Å²) in [6, 6.07) is 8.15. The second kappa shape index (κ2) is 4.82. The predicted molar refractivity (Wildman–Crippen MR) is 74.0 cm³/mol. The van der Waals surface area contributed by atoms with Gasteiger partial charge in [-0.05, 0) is 30.0 Å². The first-order valence-electron chi connectivity index (χ1n) is 5.38. The molecule has 0 aliphatic rings. The summed E-state index contributed by atoms with van der Waals surface area (Å²) in [7, 11) is -2.86. The fourth-order valence-electron chi connectivity index (χ4n) is 1.85. The van der Waals surface area contributed by atoms with Crippen LogP contribution in [0.4, 0.5) is 0 Å². The van der Waals surface area contributed by atoms with Gasteiger partial charge in [-0.1, -0.05) is 22.0 Å². The molecule has 2 aromatic rings. The van der Waals surface area contributed by atoms with E-state index in [0.29, 0.717) is 6.42 Å². The first-order chi connectivity index (χ1) is 7.96. The Hall–Kier alpha value is -0.810. The van der Waals surface area contributed by atoms with Crippen LogP contribution in [0.5, 0.6) is 0 Å². The number of halogens is 1. The summed E-state index contributed by atoms with van der Waals surface area (Å²) in [5.74, 6) is 0.237. The number of aromatic nitrogens is 1. The lowest BCUT2D eigenvalue weighted by Crippen LogP contribution is -2.06. The highest BCUT2D eigenvalue weighted by Gasteiger charge is 2.04. The number of hydrogen-bond acceptors (Lipinski definition) is 2. The van der Waals surface area contributed by atoms with E-state index in [0.717, 1.165) is 16.5 Å². The molecule has 3 nitrogen and oxygen atoms in total. The largest absolute Gasteiger partial charge is 0.347 e. The molecule has 17 heavy (non-hydrogen) atoms. The van der Waals surface area contributed by atoms with Gasteiger partial charge in [-0.3, -0.25) is 0 Å². The van der Waals surface area contributed by atoms with Crippen molar-refractivity contribution in [3.8, 4) is 0 Å². The maximum absolute atomic E-state index is 11.1. The van der Waals surface area contributed by atoms with E-state index in [-0.39, 0.29) is 5.75 Å². The van der Waals surface area contributed by atoms with Gasteiger partial charge in [-0.2, -0.15) is 0 Å². The van der Waals surface area contributed by atoms with Gasteiger partial charge >= 0.3 is 0 Å². The molecule has 0 saturated heterocycles. The molecule has 0 N–H and O–H groups in total. The van der Waals surface area contributed by atoms with E-state index < -0.39 is 9.84 Å². The summed E-state index contributed by atoms with van der Waals surface area (Å²) in [6.45, 7) is 0.729. The number of hydrogen-bond donors (Lipinski definition) is 0. The van der Waals surface area contributed by atoms with E-state index in [1.165, 1.54) is 11.6 Å². The standard InChI is InChI=1S/C12H14BrNO2S/c1-17(15,16)8-2-6-14-7-5-10-3-4-11(13)9-12(10)14/h3-5,7,9H,2,6,8H2,1H3. The molecule has 0 radical (unpaired) electrons. The maximum atomic E-state index is 11.1. The van der Waals surface area contributed by atoms with Crippen LogP contribution in [0, 0.1) is 0 Å². The molecular formula is C12H14BrNO2S. The third-order valence-electron chi connectivity index (χ3n) is 2.65. The van der Waals surface area contributed by atoms with E-state index in [1.807, 2.05) is 24.4 Å². The molecule has 0 atom stereocenters. The Bertz CT molecular complexity index is 631. The summed E-state index contributed by atoms with van der Waals surface area (Å²) in [6.07, 6.45) is 3.92. The van der Waals surface area contributed by atoms with Gasteiger partial charge in [0.1, 0.15) is 9.84 Å². The maximum Gasteiger partial charge on any atom is 0.147 e. The van der Waals surface area contributed by atoms with E-state index in [2.05, 4.69) is 26.6 Å². The molecule has 0 amide bonds. The van der Waals surface area contributed by atoms with Crippen LogP contribution in [0.25, 0.3) is 10.9 Å². The van der Waals surface area contributed by atoms with Gasteiger partial charge in [0.05, 0.1) is 5.75 Å². The number of aryl methyl sites for hydroxylation is 1. The summed E-state index contributed by atoms with van der Waals surface area (Å²) >= 11 is 3.44. The number of benzene rings is 1. The first kappa shape index (κ1) is 12.6. The summed E-state index contributed by atoms with van der Waals surface area (Å²) < 4.78 is 25.2. The highest BCUT2D eigenvalue weighted by atomic mass is 79.9. The number of rotatable bonds is 4. The molecule has 0 fully saturated rings. The van der Waals surface area contributed by atoms with Crippen LogP contribution in [0.3, 0.4) is 0 Å². The molecule has 0 unspecified atom stereocenters. The summed E-state index contributed by atoms with van der Waals surface area (Å²) in [5, 5.41) is 1.17. The number of nitrogens with zero attached hydrogens (tertiary/aromatic N) is 1. The Morgan fingerprint density at radius 1 is 1.29 bits per heavy atom. The second-order valence-corrected chi connectivity index (χ2v) is 7.37. The molecule has 1 heterocycles. The van der Waals surface area contributed by atoms with Crippen LogP contribution in [-0.2, 0) is 16.4 Å². The average molecular weight is 316 g/mol. The van der Waals surface area contributed by atoms with Gasteiger partial charge in [-0.15, -0.1) is 0 Å². The van der Waals surface area contributed by atoms with Crippen molar-refractivity contribution in [1.82, 2.24) is 4.57 Å². The van der Waals surface area contributed by atoms with Gasteiger partial charge in [0.15, 0.2) is 0 Å². The van der Waals surface area contributed by atoms with Gasteiger partial charge in [0.2, 0.25) is 0 Å². The summed E-state index contributed by atoms with van der Waals surface area (Å²) in [5.41, 5.74) is 1.13.